The van der Waals surface area contributed by atoms with Crippen LogP contribution in [0.4, 0.5) is 5.69 Å². The number of hydrogen-bond donors (Lipinski definition) is 1. The first-order valence-electron chi connectivity index (χ1n) is 7.58. The van der Waals surface area contributed by atoms with E-state index in [1.165, 1.54) is 37.3 Å². The SMILES string of the molecule is CCCN1CCN(c2ccccc2C(N)CC)CC1. The monoisotopic (exact) mass is 261 g/mol. The van der Waals surface area contributed by atoms with Crippen LogP contribution in [0.1, 0.15) is 38.3 Å². The Labute approximate surface area is 117 Å². The van der Waals surface area contributed by atoms with Crippen molar-refractivity contribution in [3.63, 3.8) is 0 Å². The van der Waals surface area contributed by atoms with E-state index in [0.29, 0.717) is 0 Å². The van der Waals surface area contributed by atoms with Gasteiger partial charge in [-0.3, -0.25) is 4.90 Å². The Morgan fingerprint density at radius 2 is 1.79 bits per heavy atom. The molecule has 1 heterocycles. The molecule has 0 aliphatic carbocycles. The maximum atomic E-state index is 6.24. The van der Waals surface area contributed by atoms with Crippen LogP contribution >= 0.6 is 0 Å². The van der Waals surface area contributed by atoms with E-state index >= 15 is 0 Å². The minimum atomic E-state index is 0.157. The maximum Gasteiger partial charge on any atom is 0.0415 e. The maximum absolute atomic E-state index is 6.24. The number of benzene rings is 1. The van der Waals surface area contributed by atoms with E-state index in [4.69, 9.17) is 5.73 Å². The van der Waals surface area contributed by atoms with E-state index in [9.17, 15) is 0 Å². The van der Waals surface area contributed by atoms with Gasteiger partial charge in [-0.05, 0) is 31.0 Å². The lowest BCUT2D eigenvalue weighted by Crippen LogP contribution is -2.47. The fraction of sp³-hybridized carbons (Fsp3) is 0.625. The second kappa shape index (κ2) is 6.92. The van der Waals surface area contributed by atoms with Crippen LogP contribution in [0.25, 0.3) is 0 Å². The number of rotatable bonds is 5. The van der Waals surface area contributed by atoms with Gasteiger partial charge in [0.2, 0.25) is 0 Å². The summed E-state index contributed by atoms with van der Waals surface area (Å²) >= 11 is 0. The molecule has 1 aliphatic heterocycles. The van der Waals surface area contributed by atoms with Gasteiger partial charge in [0.15, 0.2) is 0 Å². The fourth-order valence-corrected chi connectivity index (χ4v) is 2.84. The molecule has 0 saturated carbocycles. The van der Waals surface area contributed by atoms with E-state index < -0.39 is 0 Å². The van der Waals surface area contributed by atoms with Crippen molar-refractivity contribution in [2.45, 2.75) is 32.7 Å². The summed E-state index contributed by atoms with van der Waals surface area (Å²) in [7, 11) is 0. The van der Waals surface area contributed by atoms with Crippen molar-refractivity contribution in [3.05, 3.63) is 29.8 Å². The molecule has 1 aliphatic rings. The molecule has 0 amide bonds. The standard InChI is InChI=1S/C16H27N3/c1-3-9-18-10-12-19(13-11-18)16-8-6-5-7-14(16)15(17)4-2/h5-8,15H,3-4,9-13,17H2,1-2H3. The summed E-state index contributed by atoms with van der Waals surface area (Å²) in [5.41, 5.74) is 8.88. The molecule has 1 saturated heterocycles. The Balaban J connectivity index is 2.07. The predicted molar refractivity (Wildman–Crippen MR) is 82.6 cm³/mol. The van der Waals surface area contributed by atoms with Crippen LogP contribution < -0.4 is 10.6 Å². The smallest absolute Gasteiger partial charge is 0.0415 e. The molecule has 2 rings (SSSR count). The number of para-hydroxylation sites is 1. The Morgan fingerprint density at radius 1 is 1.11 bits per heavy atom. The molecule has 3 nitrogen and oxygen atoms in total. The topological polar surface area (TPSA) is 32.5 Å². The van der Waals surface area contributed by atoms with Crippen molar-refractivity contribution >= 4 is 5.69 Å². The van der Waals surface area contributed by atoms with Gasteiger partial charge in [-0.1, -0.05) is 32.0 Å². The summed E-state index contributed by atoms with van der Waals surface area (Å²) in [4.78, 5) is 5.05. The Morgan fingerprint density at radius 3 is 2.42 bits per heavy atom. The average Bonchev–Trinajstić information content (AvgIpc) is 2.47. The van der Waals surface area contributed by atoms with Gasteiger partial charge in [0.05, 0.1) is 0 Å². The minimum Gasteiger partial charge on any atom is -0.369 e. The van der Waals surface area contributed by atoms with Crippen LogP contribution in [0.5, 0.6) is 0 Å². The summed E-state index contributed by atoms with van der Waals surface area (Å²) < 4.78 is 0. The zero-order valence-corrected chi connectivity index (χ0v) is 12.3. The second-order valence-electron chi connectivity index (χ2n) is 5.40. The first-order valence-corrected chi connectivity index (χ1v) is 7.58. The van der Waals surface area contributed by atoms with Crippen LogP contribution in [-0.4, -0.2) is 37.6 Å². The van der Waals surface area contributed by atoms with Gasteiger partial charge in [-0.15, -0.1) is 0 Å². The summed E-state index contributed by atoms with van der Waals surface area (Å²) in [6, 6.07) is 8.79. The van der Waals surface area contributed by atoms with E-state index in [1.54, 1.807) is 0 Å². The lowest BCUT2D eigenvalue weighted by Gasteiger charge is -2.37. The summed E-state index contributed by atoms with van der Waals surface area (Å²) in [6.45, 7) is 10.2. The van der Waals surface area contributed by atoms with Gasteiger partial charge in [0.1, 0.15) is 0 Å². The van der Waals surface area contributed by atoms with E-state index in [1.807, 2.05) is 0 Å². The summed E-state index contributed by atoms with van der Waals surface area (Å²) in [5.74, 6) is 0. The molecule has 1 unspecified atom stereocenters. The van der Waals surface area contributed by atoms with Gasteiger partial charge < -0.3 is 10.6 Å². The van der Waals surface area contributed by atoms with Crippen molar-refractivity contribution in [1.82, 2.24) is 4.90 Å². The molecule has 1 aromatic rings. The number of hydrogen-bond acceptors (Lipinski definition) is 3. The molecular weight excluding hydrogens is 234 g/mol. The van der Waals surface area contributed by atoms with Gasteiger partial charge in [0, 0.05) is 37.9 Å². The number of nitrogens with zero attached hydrogens (tertiary/aromatic N) is 2. The van der Waals surface area contributed by atoms with Crippen molar-refractivity contribution in [3.8, 4) is 0 Å². The van der Waals surface area contributed by atoms with Gasteiger partial charge in [0.25, 0.3) is 0 Å². The lowest BCUT2D eigenvalue weighted by molar-refractivity contribution is 0.258. The third-order valence-electron chi connectivity index (χ3n) is 4.03. The zero-order chi connectivity index (χ0) is 13.7. The number of piperazine rings is 1. The van der Waals surface area contributed by atoms with Crippen LogP contribution in [0, 0.1) is 0 Å². The predicted octanol–water partition coefficient (Wildman–Crippen LogP) is 2.63. The van der Waals surface area contributed by atoms with Crippen molar-refractivity contribution in [2.75, 3.05) is 37.6 Å². The van der Waals surface area contributed by atoms with E-state index in [2.05, 4.69) is 47.9 Å². The Hall–Kier alpha value is -1.06. The minimum absolute atomic E-state index is 0.157. The number of anilines is 1. The second-order valence-corrected chi connectivity index (χ2v) is 5.40. The zero-order valence-electron chi connectivity index (χ0n) is 12.3. The van der Waals surface area contributed by atoms with Gasteiger partial charge >= 0.3 is 0 Å². The van der Waals surface area contributed by atoms with Crippen molar-refractivity contribution < 1.29 is 0 Å². The molecule has 106 valence electrons. The molecule has 0 aromatic heterocycles. The highest BCUT2D eigenvalue weighted by atomic mass is 15.3. The molecule has 0 radical (unpaired) electrons. The average molecular weight is 261 g/mol. The van der Waals surface area contributed by atoms with Crippen molar-refractivity contribution in [1.29, 1.82) is 0 Å². The lowest BCUT2D eigenvalue weighted by atomic mass is 10.0. The van der Waals surface area contributed by atoms with Crippen LogP contribution in [0.2, 0.25) is 0 Å². The molecule has 1 fully saturated rings. The summed E-state index contributed by atoms with van der Waals surface area (Å²) in [5, 5.41) is 0. The highest BCUT2D eigenvalue weighted by Crippen LogP contribution is 2.27. The van der Waals surface area contributed by atoms with Gasteiger partial charge in [-0.2, -0.15) is 0 Å². The van der Waals surface area contributed by atoms with E-state index in [0.717, 1.165) is 19.5 Å². The summed E-state index contributed by atoms with van der Waals surface area (Å²) in [6.07, 6.45) is 2.24. The Kier molecular flexibility index (Phi) is 5.23. The molecule has 19 heavy (non-hydrogen) atoms. The molecule has 0 bridgehead atoms. The number of nitrogens with two attached hydrogens (primary N) is 1. The molecule has 1 aromatic carbocycles. The molecule has 2 N–H and O–H groups in total. The Bertz CT molecular complexity index is 383. The largest absolute Gasteiger partial charge is 0.369 e. The third kappa shape index (κ3) is 3.48. The van der Waals surface area contributed by atoms with Crippen LogP contribution in [0.3, 0.4) is 0 Å². The highest BCUT2D eigenvalue weighted by molar-refractivity contribution is 5.55. The first kappa shape index (κ1) is 14.4. The van der Waals surface area contributed by atoms with Gasteiger partial charge in [-0.25, -0.2) is 0 Å². The highest BCUT2D eigenvalue weighted by Gasteiger charge is 2.19. The molecule has 0 spiro atoms. The fourth-order valence-electron chi connectivity index (χ4n) is 2.84. The van der Waals surface area contributed by atoms with Crippen molar-refractivity contribution in [2.24, 2.45) is 5.73 Å². The molecule has 1 atom stereocenters. The van der Waals surface area contributed by atoms with Crippen LogP contribution in [-0.2, 0) is 0 Å². The molecular formula is C16H27N3. The van der Waals surface area contributed by atoms with Crippen LogP contribution in [0.15, 0.2) is 24.3 Å². The normalized spacial score (nSPS) is 18.6. The quantitative estimate of drug-likeness (QED) is 0.884. The van der Waals surface area contributed by atoms with E-state index in [-0.39, 0.29) is 6.04 Å². The first-order chi connectivity index (χ1) is 9.26. The third-order valence-corrected chi connectivity index (χ3v) is 4.03. The molecule has 3 heteroatoms.